The number of nitrogens with zero attached hydrogens (tertiary/aromatic N) is 4. The topological polar surface area (TPSA) is 36.4 Å². The second-order valence-corrected chi connectivity index (χ2v) is 17.5. The van der Waals surface area contributed by atoms with Crippen LogP contribution in [0.5, 0.6) is 11.5 Å². The SMILES string of the molecule is Cc1ccnc(-n2c3ccc(-c4ccccc4)cc3c3ccc(Oc4cccc(-n5cc6c7ccc(n6[c]5=[Pt])CCc5ccc(c(C(C)(C)C)c5)CC7)c4)cc32)c1. The van der Waals surface area contributed by atoms with E-state index in [4.69, 9.17) is 9.72 Å². The molecule has 5 aromatic carbocycles. The third-order valence-corrected chi connectivity index (χ3v) is 12.6. The van der Waals surface area contributed by atoms with Crippen LogP contribution in [0.3, 0.4) is 0 Å². The Morgan fingerprint density at radius 2 is 1.46 bits per heavy atom. The molecule has 57 heavy (non-hydrogen) atoms. The summed E-state index contributed by atoms with van der Waals surface area (Å²) < 4.78 is 14.9. The van der Waals surface area contributed by atoms with Crippen molar-refractivity contribution >= 4 is 27.3 Å². The Bertz CT molecular complexity index is 3070. The molecule has 0 fully saturated rings. The Hall–Kier alpha value is -5.77. The van der Waals surface area contributed by atoms with Crippen LogP contribution in [0, 0.1) is 10.7 Å². The minimum absolute atomic E-state index is 0.114. The molecule has 284 valence electrons. The molecule has 9 aromatic rings. The van der Waals surface area contributed by atoms with Crippen LogP contribution < -0.4 is 4.74 Å². The molecule has 0 amide bonds. The number of benzene rings is 5. The number of hydrogen-bond acceptors (Lipinski definition) is 2. The molecule has 0 atom stereocenters. The van der Waals surface area contributed by atoms with Gasteiger partial charge < -0.3 is 0 Å². The molecule has 6 heteroatoms. The van der Waals surface area contributed by atoms with E-state index in [0.717, 1.165) is 74.5 Å². The maximum absolute atomic E-state index is 6.72. The van der Waals surface area contributed by atoms with E-state index in [2.05, 4.69) is 188 Å². The Morgan fingerprint density at radius 3 is 2.30 bits per heavy atom. The van der Waals surface area contributed by atoms with Crippen molar-refractivity contribution in [3.05, 3.63) is 183 Å². The predicted molar refractivity (Wildman–Crippen MR) is 229 cm³/mol. The first-order chi connectivity index (χ1) is 27.7. The molecule has 6 heterocycles. The summed E-state index contributed by atoms with van der Waals surface area (Å²) >= 11 is 2.51. The molecule has 0 radical (unpaired) electrons. The Morgan fingerprint density at radius 1 is 0.632 bits per heavy atom. The third-order valence-electron chi connectivity index (χ3n) is 11.6. The summed E-state index contributed by atoms with van der Waals surface area (Å²) in [7, 11) is 0. The Kier molecular flexibility index (Phi) is 8.75. The number of fused-ring (bicyclic) bond motifs is 3. The van der Waals surface area contributed by atoms with Crippen LogP contribution in [-0.2, 0) is 50.5 Å². The Labute approximate surface area is 344 Å². The van der Waals surface area contributed by atoms with E-state index in [0.29, 0.717) is 0 Å². The molecule has 0 unspecified atom stereocenters. The zero-order valence-corrected chi connectivity index (χ0v) is 35.0. The van der Waals surface area contributed by atoms with Gasteiger partial charge in [-0.3, -0.25) is 0 Å². The summed E-state index contributed by atoms with van der Waals surface area (Å²) in [4.78, 5) is 4.83. The van der Waals surface area contributed by atoms with Crippen LogP contribution in [0.2, 0.25) is 0 Å². The Balaban J connectivity index is 1.03. The van der Waals surface area contributed by atoms with Gasteiger partial charge in [0.15, 0.2) is 0 Å². The van der Waals surface area contributed by atoms with E-state index in [-0.39, 0.29) is 5.41 Å². The van der Waals surface area contributed by atoms with E-state index < -0.39 is 0 Å². The van der Waals surface area contributed by atoms with Crippen molar-refractivity contribution in [2.45, 2.75) is 58.8 Å². The number of pyridine rings is 2. The van der Waals surface area contributed by atoms with Crippen molar-refractivity contribution in [3.63, 3.8) is 0 Å². The number of imidazole rings is 1. The second-order valence-electron chi connectivity index (χ2n) is 16.5. The van der Waals surface area contributed by atoms with Crippen LogP contribution in [0.1, 0.15) is 54.3 Å². The van der Waals surface area contributed by atoms with E-state index >= 15 is 0 Å². The molecule has 0 N–H and O–H groups in total. The zero-order valence-electron chi connectivity index (χ0n) is 32.7. The molecule has 4 aromatic heterocycles. The first-order valence-electron chi connectivity index (χ1n) is 19.9. The standard InChI is InChI=1S/C51H44N4O.Pt/c1-34-25-26-52-50(27-34)55-47-24-19-39(36-9-6-5-7-10-36)29-45(47)44-23-22-43(31-48(44)55)56-42-12-8-11-41(30-42)53-32-49-38-17-16-37-15-13-35(28-46(37)51(2,3)4)14-20-40(21-18-38)54(49)33-53;/h5-13,15,18-19,21-32H,14,16-17,20H2,1-4H3;. The number of aryl methyl sites for hydroxylation is 5. The number of rotatable bonds is 5. The molecule has 4 bridgehead atoms. The van der Waals surface area contributed by atoms with Crippen LogP contribution in [0.4, 0.5) is 0 Å². The molecule has 4 aliphatic rings. The van der Waals surface area contributed by atoms with Gasteiger partial charge in [0, 0.05) is 6.20 Å². The van der Waals surface area contributed by atoms with Crippen LogP contribution in [0.15, 0.2) is 146 Å². The summed E-state index contributed by atoms with van der Waals surface area (Å²) in [6.45, 7) is 9.13. The van der Waals surface area contributed by atoms with Gasteiger partial charge in [-0.05, 0) is 29.7 Å². The van der Waals surface area contributed by atoms with Crippen molar-refractivity contribution in [3.8, 4) is 34.1 Å². The summed E-state index contributed by atoms with van der Waals surface area (Å²) in [5, 5.41) is 2.34. The van der Waals surface area contributed by atoms with Gasteiger partial charge in [-0.25, -0.2) is 0 Å². The van der Waals surface area contributed by atoms with Gasteiger partial charge in [0.25, 0.3) is 0 Å². The number of ether oxygens (including phenoxy) is 1. The number of aromatic nitrogens is 4. The average Bonchev–Trinajstić information content (AvgIpc) is 3.73. The molecule has 2 aliphatic carbocycles. The van der Waals surface area contributed by atoms with Gasteiger partial charge in [-0.15, -0.1) is 0 Å². The van der Waals surface area contributed by atoms with Crippen molar-refractivity contribution < 1.29 is 24.1 Å². The van der Waals surface area contributed by atoms with Gasteiger partial charge in [-0.1, -0.05) is 36.4 Å². The molecule has 2 aliphatic heterocycles. The summed E-state index contributed by atoms with van der Waals surface area (Å²) in [6, 6.07) is 48.3. The summed E-state index contributed by atoms with van der Waals surface area (Å²) in [5.41, 5.74) is 15.2. The first-order valence-corrected chi connectivity index (χ1v) is 21.0. The van der Waals surface area contributed by atoms with E-state index in [1.165, 1.54) is 50.0 Å². The minimum atomic E-state index is 0.114. The molecular weight excluding hydrogens is 880 g/mol. The third kappa shape index (κ3) is 6.48. The molecule has 0 saturated carbocycles. The van der Waals surface area contributed by atoms with Crippen molar-refractivity contribution in [2.75, 3.05) is 0 Å². The quantitative estimate of drug-likeness (QED) is 0.172. The average molecular weight is 924 g/mol. The molecule has 0 saturated heterocycles. The van der Waals surface area contributed by atoms with Crippen LogP contribution in [0.25, 0.3) is 50.0 Å². The van der Waals surface area contributed by atoms with E-state index in [1.54, 1.807) is 0 Å². The van der Waals surface area contributed by atoms with Gasteiger partial charge >= 0.3 is 274 Å². The molecule has 0 spiro atoms. The molecule has 13 rings (SSSR count). The molecular formula is C51H44N4OPt. The monoisotopic (exact) mass is 923 g/mol. The fraction of sp³-hybridized carbons (Fsp3) is 0.176. The second kappa shape index (κ2) is 14.0. The van der Waals surface area contributed by atoms with Crippen molar-refractivity contribution in [1.82, 2.24) is 18.5 Å². The van der Waals surface area contributed by atoms with Crippen LogP contribution >= 0.6 is 0 Å². The van der Waals surface area contributed by atoms with Gasteiger partial charge in [0.05, 0.1) is 0 Å². The zero-order chi connectivity index (χ0) is 38.8. The summed E-state index contributed by atoms with van der Waals surface area (Å²) in [6.07, 6.45) is 8.19. The van der Waals surface area contributed by atoms with E-state index in [1.807, 2.05) is 18.3 Å². The number of hydrogen-bond donors (Lipinski definition) is 0. The van der Waals surface area contributed by atoms with Gasteiger partial charge in [-0.2, -0.15) is 0 Å². The maximum atomic E-state index is 6.72. The fourth-order valence-corrected chi connectivity index (χ4v) is 9.73. The normalized spacial score (nSPS) is 13.1. The van der Waals surface area contributed by atoms with Gasteiger partial charge in [0.2, 0.25) is 0 Å². The van der Waals surface area contributed by atoms with Crippen molar-refractivity contribution in [1.29, 1.82) is 0 Å². The van der Waals surface area contributed by atoms with E-state index in [9.17, 15) is 0 Å². The fourth-order valence-electron chi connectivity index (χ4n) is 8.69. The first kappa shape index (κ1) is 35.6. The van der Waals surface area contributed by atoms with Crippen molar-refractivity contribution in [2.24, 2.45) is 0 Å². The van der Waals surface area contributed by atoms with Crippen LogP contribution in [-0.4, -0.2) is 18.5 Å². The van der Waals surface area contributed by atoms with Gasteiger partial charge in [0.1, 0.15) is 0 Å². The predicted octanol–water partition coefficient (Wildman–Crippen LogP) is 12.2. The molecule has 5 nitrogen and oxygen atoms in total. The summed E-state index contributed by atoms with van der Waals surface area (Å²) in [5.74, 6) is 2.45.